The number of pyridine rings is 1. The van der Waals surface area contributed by atoms with Crippen molar-refractivity contribution >= 4 is 5.69 Å². The van der Waals surface area contributed by atoms with Crippen LogP contribution in [0.3, 0.4) is 0 Å². The fraction of sp³-hybridized carbons (Fsp3) is 0.167. The number of hydrogen-bond donors (Lipinski definition) is 1. The van der Waals surface area contributed by atoms with Crippen molar-refractivity contribution in [2.45, 2.75) is 6.61 Å². The van der Waals surface area contributed by atoms with Gasteiger partial charge in [0.1, 0.15) is 6.20 Å². The first-order chi connectivity index (χ1) is 5.25. The van der Waals surface area contributed by atoms with E-state index in [4.69, 9.17) is 5.11 Å². The van der Waals surface area contributed by atoms with Crippen LogP contribution in [0, 0.1) is 10.1 Å². The second-order valence-corrected chi connectivity index (χ2v) is 1.92. The lowest BCUT2D eigenvalue weighted by molar-refractivity contribution is -0.386. The first-order valence-electron chi connectivity index (χ1n) is 2.94. The quantitative estimate of drug-likeness (QED) is 0.496. The Balaban J connectivity index is 3.12. The molecule has 1 aromatic heterocycles. The topological polar surface area (TPSA) is 76.3 Å². The third-order valence-corrected chi connectivity index (χ3v) is 1.25. The zero-order chi connectivity index (χ0) is 8.27. The van der Waals surface area contributed by atoms with Crippen LogP contribution >= 0.6 is 0 Å². The van der Waals surface area contributed by atoms with Crippen molar-refractivity contribution in [2.24, 2.45) is 0 Å². The van der Waals surface area contributed by atoms with E-state index >= 15 is 0 Å². The fourth-order valence-electron chi connectivity index (χ4n) is 0.713. The number of aliphatic hydroxyl groups is 1. The lowest BCUT2D eigenvalue weighted by Gasteiger charge is -1.95. The zero-order valence-electron chi connectivity index (χ0n) is 5.60. The molecule has 1 aromatic rings. The van der Waals surface area contributed by atoms with Crippen molar-refractivity contribution in [1.29, 1.82) is 0 Å². The summed E-state index contributed by atoms with van der Waals surface area (Å²) in [5.74, 6) is 0. The van der Waals surface area contributed by atoms with Gasteiger partial charge in [-0.3, -0.25) is 15.1 Å². The van der Waals surface area contributed by atoms with Crippen molar-refractivity contribution in [3.63, 3.8) is 0 Å². The highest BCUT2D eigenvalue weighted by atomic mass is 16.6. The number of rotatable bonds is 2. The molecule has 0 amide bonds. The first-order valence-corrected chi connectivity index (χ1v) is 2.94. The predicted molar refractivity (Wildman–Crippen MR) is 36.8 cm³/mol. The molecule has 1 rings (SSSR count). The Morgan fingerprint density at radius 1 is 1.73 bits per heavy atom. The van der Waals surface area contributed by atoms with Crippen molar-refractivity contribution in [3.8, 4) is 0 Å². The van der Waals surface area contributed by atoms with Crippen molar-refractivity contribution in [2.75, 3.05) is 0 Å². The maximum Gasteiger partial charge on any atom is 0.293 e. The fourth-order valence-corrected chi connectivity index (χ4v) is 0.713. The maximum atomic E-state index is 10.2. The molecule has 0 saturated carbocycles. The summed E-state index contributed by atoms with van der Waals surface area (Å²) in [7, 11) is 0. The molecule has 1 heterocycles. The van der Waals surface area contributed by atoms with Gasteiger partial charge in [0.15, 0.2) is 0 Å². The SMILES string of the molecule is O=[N+]([O-])c1cnccc1CO. The van der Waals surface area contributed by atoms with Gasteiger partial charge < -0.3 is 5.11 Å². The van der Waals surface area contributed by atoms with E-state index in [0.717, 1.165) is 6.20 Å². The van der Waals surface area contributed by atoms with E-state index < -0.39 is 4.92 Å². The monoisotopic (exact) mass is 154 g/mol. The lowest BCUT2D eigenvalue weighted by atomic mass is 10.2. The van der Waals surface area contributed by atoms with Crippen LogP contribution in [0.4, 0.5) is 5.69 Å². The molecular weight excluding hydrogens is 148 g/mol. The Morgan fingerprint density at radius 3 is 2.91 bits per heavy atom. The molecule has 0 unspecified atom stereocenters. The molecule has 0 radical (unpaired) electrons. The van der Waals surface area contributed by atoms with Gasteiger partial charge in [-0.2, -0.15) is 0 Å². The molecule has 0 bridgehead atoms. The number of nitro groups is 1. The molecule has 0 aliphatic rings. The molecule has 5 heteroatoms. The third-order valence-electron chi connectivity index (χ3n) is 1.25. The summed E-state index contributed by atoms with van der Waals surface area (Å²) < 4.78 is 0. The highest BCUT2D eigenvalue weighted by Crippen LogP contribution is 2.14. The highest BCUT2D eigenvalue weighted by molar-refractivity contribution is 5.35. The smallest absolute Gasteiger partial charge is 0.293 e. The molecule has 0 atom stereocenters. The molecule has 0 spiro atoms. The standard InChI is InChI=1S/C6H6N2O3/c9-4-5-1-2-7-3-6(5)8(10)11/h1-3,9H,4H2. The molecule has 0 saturated heterocycles. The molecule has 11 heavy (non-hydrogen) atoms. The van der Waals surface area contributed by atoms with Crippen LogP contribution in [0.15, 0.2) is 18.5 Å². The summed E-state index contributed by atoms with van der Waals surface area (Å²) in [6.45, 7) is -0.334. The Labute approximate surface area is 62.5 Å². The molecule has 0 fully saturated rings. The minimum Gasteiger partial charge on any atom is -0.391 e. The lowest BCUT2D eigenvalue weighted by Crippen LogP contribution is -1.95. The Morgan fingerprint density at radius 2 is 2.45 bits per heavy atom. The summed E-state index contributed by atoms with van der Waals surface area (Å²) in [6.07, 6.45) is 2.52. The molecule has 0 aliphatic heterocycles. The zero-order valence-corrected chi connectivity index (χ0v) is 5.60. The summed E-state index contributed by atoms with van der Waals surface area (Å²) in [5, 5.41) is 18.9. The van der Waals surface area contributed by atoms with Gasteiger partial charge >= 0.3 is 0 Å². The molecule has 58 valence electrons. The summed E-state index contributed by atoms with van der Waals surface area (Å²) in [6, 6.07) is 1.41. The Hall–Kier alpha value is -1.49. The minimum absolute atomic E-state index is 0.144. The van der Waals surface area contributed by atoms with Gasteiger partial charge in [0.2, 0.25) is 0 Å². The van der Waals surface area contributed by atoms with E-state index in [0.29, 0.717) is 0 Å². The minimum atomic E-state index is -0.571. The largest absolute Gasteiger partial charge is 0.391 e. The normalized spacial score (nSPS) is 9.55. The molecular formula is C6H6N2O3. The average molecular weight is 154 g/mol. The van der Waals surface area contributed by atoms with Crippen LogP contribution < -0.4 is 0 Å². The highest BCUT2D eigenvalue weighted by Gasteiger charge is 2.10. The molecule has 0 aliphatic carbocycles. The van der Waals surface area contributed by atoms with Crippen molar-refractivity contribution < 1.29 is 10.0 Å². The Kier molecular flexibility index (Phi) is 2.12. The Bertz CT molecular complexity index is 274. The van der Waals surface area contributed by atoms with Crippen LogP contribution in [0.5, 0.6) is 0 Å². The van der Waals surface area contributed by atoms with Gasteiger partial charge in [-0.1, -0.05) is 0 Å². The number of aromatic nitrogens is 1. The number of nitrogens with zero attached hydrogens (tertiary/aromatic N) is 2. The van der Waals surface area contributed by atoms with E-state index in [9.17, 15) is 10.1 Å². The summed E-state index contributed by atoms with van der Waals surface area (Å²) >= 11 is 0. The van der Waals surface area contributed by atoms with Gasteiger partial charge in [-0.25, -0.2) is 0 Å². The van der Waals surface area contributed by atoms with Crippen LogP contribution in [0.1, 0.15) is 5.56 Å². The van der Waals surface area contributed by atoms with Gasteiger partial charge in [0.25, 0.3) is 5.69 Å². The maximum absolute atomic E-state index is 10.2. The third kappa shape index (κ3) is 1.50. The molecule has 0 aromatic carbocycles. The van der Waals surface area contributed by atoms with E-state index in [-0.39, 0.29) is 17.9 Å². The average Bonchev–Trinajstić information content (AvgIpc) is 2.04. The van der Waals surface area contributed by atoms with E-state index in [1.54, 1.807) is 0 Å². The van der Waals surface area contributed by atoms with Gasteiger partial charge in [-0.15, -0.1) is 0 Å². The van der Waals surface area contributed by atoms with Gasteiger partial charge in [0, 0.05) is 6.20 Å². The summed E-state index contributed by atoms with van der Waals surface area (Å²) in [4.78, 5) is 13.2. The summed E-state index contributed by atoms with van der Waals surface area (Å²) in [5.41, 5.74) is 0.139. The number of hydrogen-bond acceptors (Lipinski definition) is 4. The molecule has 1 N–H and O–H groups in total. The van der Waals surface area contributed by atoms with Gasteiger partial charge in [0.05, 0.1) is 17.1 Å². The van der Waals surface area contributed by atoms with Crippen LogP contribution in [0.25, 0.3) is 0 Å². The van der Waals surface area contributed by atoms with Crippen LogP contribution in [-0.2, 0) is 6.61 Å². The van der Waals surface area contributed by atoms with Gasteiger partial charge in [-0.05, 0) is 6.07 Å². The van der Waals surface area contributed by atoms with Crippen LogP contribution in [0.2, 0.25) is 0 Å². The van der Waals surface area contributed by atoms with E-state index in [1.165, 1.54) is 12.3 Å². The second kappa shape index (κ2) is 3.07. The van der Waals surface area contributed by atoms with E-state index in [2.05, 4.69) is 4.98 Å². The van der Waals surface area contributed by atoms with Crippen LogP contribution in [-0.4, -0.2) is 15.0 Å². The van der Waals surface area contributed by atoms with Crippen molar-refractivity contribution in [3.05, 3.63) is 34.1 Å². The predicted octanol–water partition coefficient (Wildman–Crippen LogP) is 0.482. The first kappa shape index (κ1) is 7.62. The second-order valence-electron chi connectivity index (χ2n) is 1.92. The van der Waals surface area contributed by atoms with E-state index in [1.807, 2.05) is 0 Å². The molecule has 5 nitrogen and oxygen atoms in total. The number of aliphatic hydroxyl groups excluding tert-OH is 1. The van der Waals surface area contributed by atoms with Crippen molar-refractivity contribution in [1.82, 2.24) is 4.98 Å².